The van der Waals surface area contributed by atoms with Gasteiger partial charge in [-0.3, -0.25) is 4.98 Å². The van der Waals surface area contributed by atoms with Gasteiger partial charge in [-0.1, -0.05) is 36.4 Å². The first-order valence-corrected chi connectivity index (χ1v) is 7.20. The number of rotatable bonds is 2. The molecule has 0 atom stereocenters. The molecule has 4 aromatic rings. The highest BCUT2D eigenvalue weighted by Gasteiger charge is 2.21. The van der Waals surface area contributed by atoms with Crippen LogP contribution in [-0.4, -0.2) is 19.9 Å². The molecule has 5 heteroatoms. The van der Waals surface area contributed by atoms with Gasteiger partial charge in [-0.15, -0.1) is 9.97 Å². The minimum atomic E-state index is 0.732. The number of nitrogens with zero attached hydrogens (tertiary/aromatic N) is 4. The first-order chi connectivity index (χ1) is 10.9. The first-order valence-electron chi connectivity index (χ1n) is 7.20. The summed E-state index contributed by atoms with van der Waals surface area (Å²) in [7, 11) is 0. The summed E-state index contributed by atoms with van der Waals surface area (Å²) in [6.45, 7) is 0. The Bertz CT molecular complexity index is 1090. The Morgan fingerprint density at radius 3 is 2.86 bits per heavy atom. The number of fused-ring (bicyclic) bond motifs is 5. The summed E-state index contributed by atoms with van der Waals surface area (Å²) in [5.74, 6) is 1.62. The third-order valence-electron chi connectivity index (χ3n) is 3.92. The van der Waals surface area contributed by atoms with Gasteiger partial charge in [0.1, 0.15) is 5.69 Å². The predicted molar refractivity (Wildman–Crippen MR) is 82.8 cm³/mol. The Morgan fingerprint density at radius 2 is 1.95 bits per heavy atom. The molecule has 3 aromatic heterocycles. The molecule has 0 unspecified atom stereocenters. The largest absolute Gasteiger partial charge is 0.357 e. The van der Waals surface area contributed by atoms with Crippen molar-refractivity contribution >= 4 is 29.1 Å². The van der Waals surface area contributed by atoms with E-state index in [0.717, 1.165) is 40.2 Å². The van der Waals surface area contributed by atoms with Crippen LogP contribution in [-0.2, 0) is 6.42 Å². The van der Waals surface area contributed by atoms with Gasteiger partial charge in [0.15, 0.2) is 16.7 Å². The van der Waals surface area contributed by atoms with E-state index in [1.807, 2.05) is 47.0 Å². The van der Waals surface area contributed by atoms with Crippen LogP contribution in [0.15, 0.2) is 42.6 Å². The molecule has 1 aromatic carbocycles. The molecule has 3 heterocycles. The molecule has 0 bridgehead atoms. The van der Waals surface area contributed by atoms with E-state index in [-0.39, 0.29) is 0 Å². The molecule has 0 saturated heterocycles. The fourth-order valence-electron chi connectivity index (χ4n) is 2.92. The van der Waals surface area contributed by atoms with E-state index in [4.69, 9.17) is 4.98 Å². The second-order valence-electron chi connectivity index (χ2n) is 5.37. The fraction of sp³-hybridized carbons (Fsp3) is 0.0588. The Hall–Kier alpha value is -3.08. The van der Waals surface area contributed by atoms with Crippen molar-refractivity contribution in [1.82, 2.24) is 19.9 Å². The number of aromatic nitrogens is 5. The molecule has 0 amide bonds. The predicted octanol–water partition coefficient (Wildman–Crippen LogP) is 1.21. The van der Waals surface area contributed by atoms with E-state index < -0.39 is 0 Å². The van der Waals surface area contributed by atoms with Crippen molar-refractivity contribution in [2.75, 3.05) is 0 Å². The van der Waals surface area contributed by atoms with Crippen LogP contribution in [0.5, 0.6) is 0 Å². The van der Waals surface area contributed by atoms with Crippen molar-refractivity contribution in [3.63, 3.8) is 0 Å². The summed E-state index contributed by atoms with van der Waals surface area (Å²) in [5, 5.41) is 0.969. The van der Waals surface area contributed by atoms with Gasteiger partial charge in [-0.25, -0.2) is 4.98 Å². The van der Waals surface area contributed by atoms with Crippen molar-refractivity contribution in [2.24, 2.45) is 0 Å². The average Bonchev–Trinajstić information content (AvgIpc) is 3.20. The molecule has 1 N–H and O–H groups in total. The number of allylic oxidation sites excluding steroid dienone is 1. The Kier molecular flexibility index (Phi) is 2.21. The van der Waals surface area contributed by atoms with Gasteiger partial charge in [0.25, 0.3) is 5.65 Å². The van der Waals surface area contributed by atoms with Gasteiger partial charge < -0.3 is 0 Å². The zero-order chi connectivity index (χ0) is 14.5. The smallest absolute Gasteiger partial charge is 0.266 e. The van der Waals surface area contributed by atoms with Crippen molar-refractivity contribution in [3.8, 4) is 0 Å². The van der Waals surface area contributed by atoms with Crippen LogP contribution in [0.3, 0.4) is 0 Å². The quantitative estimate of drug-likeness (QED) is 0.563. The lowest BCUT2D eigenvalue weighted by atomic mass is 10.1. The molecule has 22 heavy (non-hydrogen) atoms. The number of hydrogen-bond donors (Lipinski definition) is 1. The maximum absolute atomic E-state index is 4.73. The van der Waals surface area contributed by atoms with Crippen LogP contribution in [0.25, 0.3) is 29.1 Å². The van der Waals surface area contributed by atoms with E-state index in [1.54, 1.807) is 0 Å². The summed E-state index contributed by atoms with van der Waals surface area (Å²) in [4.78, 5) is 17.1. The van der Waals surface area contributed by atoms with Crippen molar-refractivity contribution in [3.05, 3.63) is 65.0 Å². The normalized spacial score (nSPS) is 12.9. The summed E-state index contributed by atoms with van der Waals surface area (Å²) in [5.41, 5.74) is 3.98. The van der Waals surface area contributed by atoms with E-state index in [1.165, 1.54) is 5.56 Å². The van der Waals surface area contributed by atoms with Crippen LogP contribution in [0.1, 0.15) is 17.1 Å². The van der Waals surface area contributed by atoms with Gasteiger partial charge in [0, 0.05) is 6.42 Å². The second kappa shape index (κ2) is 4.21. The maximum atomic E-state index is 4.73. The molecular weight excluding hydrogens is 274 g/mol. The molecule has 0 saturated carbocycles. The van der Waals surface area contributed by atoms with E-state index in [9.17, 15) is 0 Å². The van der Waals surface area contributed by atoms with Crippen LogP contribution in [0.2, 0.25) is 0 Å². The molecule has 0 aliphatic heterocycles. The highest BCUT2D eigenvalue weighted by atomic mass is 15.2. The minimum Gasteiger partial charge on any atom is -0.266 e. The van der Waals surface area contributed by atoms with Crippen molar-refractivity contribution < 1.29 is 4.40 Å². The van der Waals surface area contributed by atoms with E-state index in [0.29, 0.717) is 0 Å². The van der Waals surface area contributed by atoms with Gasteiger partial charge in [-0.05, 0) is 17.7 Å². The van der Waals surface area contributed by atoms with Crippen LogP contribution < -0.4 is 9.75 Å². The topological polar surface area (TPSA) is 58.6 Å². The lowest BCUT2D eigenvalue weighted by Crippen LogP contribution is -2.27. The zero-order valence-electron chi connectivity index (χ0n) is 11.7. The molecule has 5 rings (SSSR count). The Labute approximate surface area is 125 Å². The third-order valence-corrected chi connectivity index (χ3v) is 3.92. The Balaban J connectivity index is 1.72. The molecule has 104 valence electrons. The molecule has 0 radical (unpaired) electrons. The van der Waals surface area contributed by atoms with Crippen molar-refractivity contribution in [2.45, 2.75) is 6.42 Å². The monoisotopic (exact) mass is 286 g/mol. The molecule has 0 fully saturated rings. The molecule has 1 aliphatic carbocycles. The molecule has 1 aliphatic rings. The molecule has 5 nitrogen and oxygen atoms in total. The van der Waals surface area contributed by atoms with Crippen molar-refractivity contribution in [1.29, 1.82) is 0 Å². The standard InChI is InChI=1S/C17H11N5/c1-2-5-11(6-3-1)9-15-19-13-10-18-17-20-12-7-4-8-14(12)22(17)16(13)21-15/h1-8,10H,9H2/p+1. The van der Waals surface area contributed by atoms with Crippen LogP contribution >= 0.6 is 0 Å². The lowest BCUT2D eigenvalue weighted by molar-refractivity contribution is -0.487. The number of imidazole rings is 2. The number of benzene rings is 1. The SMILES string of the molecule is C1=Cc2c(nc3[nH]cc4nc(Cc5ccccc5)nc4[n+]23)=C1. The van der Waals surface area contributed by atoms with E-state index in [2.05, 4.69) is 27.1 Å². The molecular formula is C17H12N5+. The zero-order valence-corrected chi connectivity index (χ0v) is 11.7. The first kappa shape index (κ1) is 11.6. The fourth-order valence-corrected chi connectivity index (χ4v) is 2.92. The summed E-state index contributed by atoms with van der Waals surface area (Å²) in [6.07, 6.45) is 8.66. The van der Waals surface area contributed by atoms with Crippen LogP contribution in [0, 0.1) is 0 Å². The summed E-state index contributed by atoms with van der Waals surface area (Å²) >= 11 is 0. The number of H-pyrrole nitrogens is 1. The molecule has 0 spiro atoms. The van der Waals surface area contributed by atoms with E-state index >= 15 is 0 Å². The summed E-state index contributed by atoms with van der Waals surface area (Å²) in [6, 6.07) is 10.3. The van der Waals surface area contributed by atoms with Crippen LogP contribution in [0.4, 0.5) is 0 Å². The highest BCUT2D eigenvalue weighted by Crippen LogP contribution is 2.12. The average molecular weight is 286 g/mol. The number of aromatic amines is 1. The van der Waals surface area contributed by atoms with Gasteiger partial charge >= 0.3 is 5.78 Å². The highest BCUT2D eigenvalue weighted by molar-refractivity contribution is 5.69. The number of nitrogens with one attached hydrogen (secondary N) is 1. The second-order valence-corrected chi connectivity index (χ2v) is 5.37. The van der Waals surface area contributed by atoms with Gasteiger partial charge in [0.2, 0.25) is 0 Å². The van der Waals surface area contributed by atoms with Gasteiger partial charge in [-0.2, -0.15) is 4.40 Å². The van der Waals surface area contributed by atoms with Gasteiger partial charge in [0.05, 0.1) is 6.20 Å². The number of hydrogen-bond acceptors (Lipinski definition) is 3. The Morgan fingerprint density at radius 1 is 1.05 bits per heavy atom. The third kappa shape index (κ3) is 1.59. The summed E-state index contributed by atoms with van der Waals surface area (Å²) < 4.78 is 2.03. The minimum absolute atomic E-state index is 0.732. The lowest BCUT2D eigenvalue weighted by Gasteiger charge is -1.93. The maximum Gasteiger partial charge on any atom is 0.357 e.